The fourth-order valence-corrected chi connectivity index (χ4v) is 2.72. The molecule has 1 fully saturated rings. The van der Waals surface area contributed by atoms with Gasteiger partial charge in [0.25, 0.3) is 5.91 Å². The predicted octanol–water partition coefficient (Wildman–Crippen LogP) is 2.09. The monoisotopic (exact) mass is 333 g/mol. The van der Waals surface area contributed by atoms with Gasteiger partial charge in [0, 0.05) is 25.3 Å². The number of aryl methyl sites for hydroxylation is 2. The van der Waals surface area contributed by atoms with E-state index in [0.717, 1.165) is 11.3 Å². The van der Waals surface area contributed by atoms with Gasteiger partial charge in [-0.05, 0) is 51.0 Å². The maximum absolute atomic E-state index is 12.2. The van der Waals surface area contributed by atoms with Gasteiger partial charge >= 0.3 is 6.03 Å². The summed E-state index contributed by atoms with van der Waals surface area (Å²) >= 11 is 0. The van der Waals surface area contributed by atoms with Gasteiger partial charge in [-0.25, -0.2) is 4.79 Å². The van der Waals surface area contributed by atoms with Crippen molar-refractivity contribution in [3.05, 3.63) is 29.3 Å². The Morgan fingerprint density at radius 3 is 2.62 bits per heavy atom. The molecule has 6 nitrogen and oxygen atoms in total. The normalized spacial score (nSPS) is 17.8. The molecule has 1 aromatic rings. The first-order valence-electron chi connectivity index (χ1n) is 8.48. The molecule has 0 spiro atoms. The van der Waals surface area contributed by atoms with Gasteiger partial charge < -0.3 is 19.9 Å². The zero-order valence-corrected chi connectivity index (χ0v) is 15.0. The van der Waals surface area contributed by atoms with Crippen LogP contribution in [0.1, 0.15) is 25.0 Å². The van der Waals surface area contributed by atoms with Crippen LogP contribution in [0.15, 0.2) is 18.2 Å². The number of anilines is 1. The number of nitrogens with one attached hydrogen (secondary N) is 1. The quantitative estimate of drug-likeness (QED) is 0.897. The number of ether oxygens (including phenoxy) is 1. The average Bonchev–Trinajstić information content (AvgIpc) is 2.58. The second kappa shape index (κ2) is 8.15. The Bertz CT molecular complexity index is 599. The summed E-state index contributed by atoms with van der Waals surface area (Å²) in [6, 6.07) is 5.89. The molecule has 0 radical (unpaired) electrons. The standard InChI is InChI=1S/C18H27N3O3/c1-5-20(6-2)18(23)19-10-16-11-21(17(22)12-24-16)15-8-7-13(3)14(4)9-15/h7-9,16H,5-6,10-12H2,1-4H3,(H,19,23). The van der Waals surface area contributed by atoms with E-state index in [1.807, 2.05) is 45.9 Å². The predicted molar refractivity (Wildman–Crippen MR) is 94.3 cm³/mol. The first kappa shape index (κ1) is 18.3. The van der Waals surface area contributed by atoms with Gasteiger partial charge in [-0.3, -0.25) is 4.79 Å². The van der Waals surface area contributed by atoms with E-state index in [1.165, 1.54) is 5.56 Å². The minimum Gasteiger partial charge on any atom is -0.365 e. The van der Waals surface area contributed by atoms with Crippen LogP contribution in [-0.4, -0.2) is 55.7 Å². The molecule has 1 aromatic carbocycles. The van der Waals surface area contributed by atoms with Crippen LogP contribution >= 0.6 is 0 Å². The molecular weight excluding hydrogens is 306 g/mol. The van der Waals surface area contributed by atoms with Gasteiger partial charge in [0.1, 0.15) is 6.61 Å². The highest BCUT2D eigenvalue weighted by Gasteiger charge is 2.28. The van der Waals surface area contributed by atoms with Gasteiger partial charge in [-0.1, -0.05) is 6.07 Å². The SMILES string of the molecule is CCN(CC)C(=O)NCC1CN(c2ccc(C)c(C)c2)C(=O)CO1. The van der Waals surface area contributed by atoms with E-state index in [-0.39, 0.29) is 24.6 Å². The van der Waals surface area contributed by atoms with Crippen LogP contribution in [0.5, 0.6) is 0 Å². The van der Waals surface area contributed by atoms with Crippen LogP contribution in [0.2, 0.25) is 0 Å². The third-order valence-corrected chi connectivity index (χ3v) is 4.46. The Balaban J connectivity index is 1.99. The molecule has 6 heteroatoms. The molecule has 1 unspecified atom stereocenters. The smallest absolute Gasteiger partial charge is 0.317 e. The summed E-state index contributed by atoms with van der Waals surface area (Å²) in [4.78, 5) is 27.7. The molecule has 1 heterocycles. The van der Waals surface area contributed by atoms with Crippen molar-refractivity contribution in [3.63, 3.8) is 0 Å². The lowest BCUT2D eigenvalue weighted by Gasteiger charge is -2.33. The minimum atomic E-state index is -0.205. The number of amides is 3. The van der Waals surface area contributed by atoms with Crippen LogP contribution in [-0.2, 0) is 9.53 Å². The Labute approximate surface area is 143 Å². The molecule has 1 N–H and O–H groups in total. The van der Waals surface area contributed by atoms with E-state index >= 15 is 0 Å². The molecule has 1 aliphatic rings. The highest BCUT2D eigenvalue weighted by molar-refractivity contribution is 5.95. The van der Waals surface area contributed by atoms with E-state index in [0.29, 0.717) is 26.2 Å². The third-order valence-electron chi connectivity index (χ3n) is 4.46. The number of carbonyl (C=O) groups excluding carboxylic acids is 2. The molecule has 0 bridgehead atoms. The number of rotatable bonds is 5. The van der Waals surface area contributed by atoms with E-state index in [1.54, 1.807) is 9.80 Å². The van der Waals surface area contributed by atoms with Crippen LogP contribution in [0, 0.1) is 13.8 Å². The van der Waals surface area contributed by atoms with E-state index < -0.39 is 0 Å². The van der Waals surface area contributed by atoms with E-state index in [2.05, 4.69) is 5.32 Å². The number of hydrogen-bond acceptors (Lipinski definition) is 3. The first-order chi connectivity index (χ1) is 11.5. The van der Waals surface area contributed by atoms with Gasteiger partial charge in [0.15, 0.2) is 0 Å². The third kappa shape index (κ3) is 4.26. The summed E-state index contributed by atoms with van der Waals surface area (Å²) < 4.78 is 5.57. The number of urea groups is 1. The number of benzene rings is 1. The zero-order valence-electron chi connectivity index (χ0n) is 15.0. The molecule has 0 aliphatic carbocycles. The molecule has 1 saturated heterocycles. The van der Waals surface area contributed by atoms with Crippen molar-refractivity contribution in [1.29, 1.82) is 0 Å². The van der Waals surface area contributed by atoms with Crippen LogP contribution < -0.4 is 10.2 Å². The Morgan fingerprint density at radius 1 is 1.29 bits per heavy atom. The second-order valence-corrected chi connectivity index (χ2v) is 6.06. The lowest BCUT2D eigenvalue weighted by atomic mass is 10.1. The Morgan fingerprint density at radius 2 is 2.00 bits per heavy atom. The number of nitrogens with zero attached hydrogens (tertiary/aromatic N) is 2. The average molecular weight is 333 g/mol. The summed E-state index contributed by atoms with van der Waals surface area (Å²) in [6.45, 7) is 10.2. The van der Waals surface area contributed by atoms with Crippen molar-refractivity contribution in [2.45, 2.75) is 33.8 Å². The summed E-state index contributed by atoms with van der Waals surface area (Å²) in [7, 11) is 0. The molecular formula is C18H27N3O3. The highest BCUT2D eigenvalue weighted by Crippen LogP contribution is 2.21. The number of hydrogen-bond donors (Lipinski definition) is 1. The van der Waals surface area contributed by atoms with Gasteiger partial charge in [-0.15, -0.1) is 0 Å². The topological polar surface area (TPSA) is 61.9 Å². The Hall–Kier alpha value is -2.08. The molecule has 0 saturated carbocycles. The molecule has 132 valence electrons. The highest BCUT2D eigenvalue weighted by atomic mass is 16.5. The lowest BCUT2D eigenvalue weighted by Crippen LogP contribution is -2.52. The molecule has 2 rings (SSSR count). The van der Waals surface area contributed by atoms with E-state index in [4.69, 9.17) is 4.74 Å². The van der Waals surface area contributed by atoms with Crippen LogP contribution in [0.25, 0.3) is 0 Å². The maximum Gasteiger partial charge on any atom is 0.317 e. The van der Waals surface area contributed by atoms with Crippen LogP contribution in [0.3, 0.4) is 0 Å². The molecule has 1 atom stereocenters. The molecule has 3 amide bonds. The first-order valence-corrected chi connectivity index (χ1v) is 8.48. The van der Waals surface area contributed by atoms with Gasteiger partial charge in [0.2, 0.25) is 0 Å². The zero-order chi connectivity index (χ0) is 17.7. The van der Waals surface area contributed by atoms with Crippen molar-refractivity contribution in [2.24, 2.45) is 0 Å². The van der Waals surface area contributed by atoms with Gasteiger partial charge in [0.05, 0.1) is 12.6 Å². The molecule has 1 aliphatic heterocycles. The fourth-order valence-electron chi connectivity index (χ4n) is 2.72. The second-order valence-electron chi connectivity index (χ2n) is 6.06. The summed E-state index contributed by atoms with van der Waals surface area (Å²) in [5, 5.41) is 2.89. The molecule has 24 heavy (non-hydrogen) atoms. The molecule has 0 aromatic heterocycles. The summed E-state index contributed by atoms with van der Waals surface area (Å²) in [5.74, 6) is -0.0513. The van der Waals surface area contributed by atoms with Gasteiger partial charge in [-0.2, -0.15) is 0 Å². The fraction of sp³-hybridized carbons (Fsp3) is 0.556. The van der Waals surface area contributed by atoms with E-state index in [9.17, 15) is 9.59 Å². The largest absolute Gasteiger partial charge is 0.365 e. The Kier molecular flexibility index (Phi) is 6.20. The lowest BCUT2D eigenvalue weighted by molar-refractivity contribution is -0.129. The van der Waals surface area contributed by atoms with Crippen LogP contribution in [0.4, 0.5) is 10.5 Å². The minimum absolute atomic E-state index is 0.0404. The van der Waals surface area contributed by atoms with Crippen molar-refractivity contribution < 1.29 is 14.3 Å². The van der Waals surface area contributed by atoms with Crippen molar-refractivity contribution >= 4 is 17.6 Å². The number of morpholine rings is 1. The van der Waals surface area contributed by atoms with Crippen molar-refractivity contribution in [2.75, 3.05) is 37.7 Å². The van der Waals surface area contributed by atoms with Crippen molar-refractivity contribution in [1.82, 2.24) is 10.2 Å². The summed E-state index contributed by atoms with van der Waals surface area (Å²) in [5.41, 5.74) is 3.23. The maximum atomic E-state index is 12.2. The summed E-state index contributed by atoms with van der Waals surface area (Å²) in [6.07, 6.45) is -0.205. The van der Waals surface area contributed by atoms with Crippen molar-refractivity contribution in [3.8, 4) is 0 Å². The number of carbonyl (C=O) groups is 2.